The molecule has 0 heterocycles. The highest BCUT2D eigenvalue weighted by Gasteiger charge is 2.19. The summed E-state index contributed by atoms with van der Waals surface area (Å²) in [6.45, 7) is 10.0. The molecular formula is C30H55N2+. The number of aliphatic imine (C=N–C) groups is 1. The number of rotatable bonds is 21. The lowest BCUT2D eigenvalue weighted by Crippen LogP contribution is -2.44. The number of hydrogen-bond donors (Lipinski definition) is 0. The first-order chi connectivity index (χ1) is 15.7. The van der Waals surface area contributed by atoms with Crippen LogP contribution < -0.4 is 4.48 Å². The van der Waals surface area contributed by atoms with Crippen molar-refractivity contribution in [2.24, 2.45) is 4.99 Å². The molecule has 0 aliphatic carbocycles. The van der Waals surface area contributed by atoms with E-state index in [0.717, 1.165) is 24.1 Å². The Kier molecular flexibility index (Phi) is 17.4. The van der Waals surface area contributed by atoms with E-state index < -0.39 is 0 Å². The summed E-state index contributed by atoms with van der Waals surface area (Å²) in [5.41, 5.74) is 2.62. The van der Waals surface area contributed by atoms with Crippen LogP contribution in [0.5, 0.6) is 0 Å². The Bertz CT molecular complexity index is 557. The average Bonchev–Trinajstić information content (AvgIpc) is 2.83. The van der Waals surface area contributed by atoms with Crippen molar-refractivity contribution in [3.8, 4) is 0 Å². The third kappa shape index (κ3) is 13.4. The van der Waals surface area contributed by atoms with Crippen LogP contribution in [0.15, 0.2) is 29.3 Å². The molecule has 184 valence electrons. The minimum atomic E-state index is 0.970. The van der Waals surface area contributed by atoms with E-state index in [-0.39, 0.29) is 0 Å². The number of unbranched alkanes of at least 4 members (excludes halogenated alkanes) is 15. The van der Waals surface area contributed by atoms with Crippen molar-refractivity contribution in [1.82, 2.24) is 4.48 Å². The van der Waals surface area contributed by atoms with Gasteiger partial charge in [0.15, 0.2) is 0 Å². The van der Waals surface area contributed by atoms with Gasteiger partial charge in [-0.2, -0.15) is 0 Å². The number of nitrogens with zero attached hydrogens (tertiary/aromatic N) is 2. The van der Waals surface area contributed by atoms with E-state index in [9.17, 15) is 0 Å². The van der Waals surface area contributed by atoms with Crippen molar-refractivity contribution in [2.45, 2.75) is 124 Å². The van der Waals surface area contributed by atoms with Gasteiger partial charge in [-0.15, -0.1) is 0 Å². The summed E-state index contributed by atoms with van der Waals surface area (Å²) >= 11 is 0. The summed E-state index contributed by atoms with van der Waals surface area (Å²) in [6, 6.07) is 8.97. The smallest absolute Gasteiger partial charge is 0.132 e. The Labute approximate surface area is 201 Å². The molecule has 0 radical (unpaired) electrons. The lowest BCUT2D eigenvalue weighted by atomic mass is 10.0. The Morgan fingerprint density at radius 2 is 1.00 bits per heavy atom. The molecule has 0 spiro atoms. The minimum absolute atomic E-state index is 0.970. The van der Waals surface area contributed by atoms with Crippen LogP contribution in [0.1, 0.15) is 129 Å². The SMILES string of the molecule is CCCCCCCCCCCCCCCCCCN=Cc1ccc([N+](C)(CC)CC)cc1. The van der Waals surface area contributed by atoms with E-state index >= 15 is 0 Å². The lowest BCUT2D eigenvalue weighted by molar-refractivity contribution is 0.365. The van der Waals surface area contributed by atoms with Gasteiger partial charge in [0.25, 0.3) is 0 Å². The van der Waals surface area contributed by atoms with Crippen LogP contribution >= 0.6 is 0 Å². The van der Waals surface area contributed by atoms with E-state index in [4.69, 9.17) is 0 Å². The maximum Gasteiger partial charge on any atom is 0.132 e. The van der Waals surface area contributed by atoms with Crippen molar-refractivity contribution >= 4 is 11.9 Å². The van der Waals surface area contributed by atoms with Gasteiger partial charge in [0, 0.05) is 12.8 Å². The maximum absolute atomic E-state index is 4.65. The molecular weight excluding hydrogens is 388 g/mol. The molecule has 0 N–H and O–H groups in total. The summed E-state index contributed by atoms with van der Waals surface area (Å²) in [6.07, 6.45) is 24.8. The molecule has 1 rings (SSSR count). The second kappa shape index (κ2) is 19.3. The largest absolute Gasteiger partial charge is 0.294 e. The van der Waals surface area contributed by atoms with Crippen LogP contribution in [-0.2, 0) is 0 Å². The lowest BCUT2D eigenvalue weighted by Gasteiger charge is -2.31. The Morgan fingerprint density at radius 1 is 0.594 bits per heavy atom. The van der Waals surface area contributed by atoms with Crippen molar-refractivity contribution in [3.63, 3.8) is 0 Å². The first kappa shape index (κ1) is 28.9. The van der Waals surface area contributed by atoms with Gasteiger partial charge >= 0.3 is 0 Å². The van der Waals surface area contributed by atoms with Gasteiger partial charge in [-0.25, -0.2) is 0 Å². The number of quaternary nitrogens is 1. The maximum atomic E-state index is 4.65. The monoisotopic (exact) mass is 443 g/mol. The van der Waals surface area contributed by atoms with Crippen LogP contribution in [0.3, 0.4) is 0 Å². The molecule has 0 aromatic heterocycles. The van der Waals surface area contributed by atoms with E-state index in [0.29, 0.717) is 0 Å². The summed E-state index contributed by atoms with van der Waals surface area (Å²) in [7, 11) is 2.31. The average molecular weight is 444 g/mol. The highest BCUT2D eigenvalue weighted by atomic mass is 15.3. The van der Waals surface area contributed by atoms with Crippen molar-refractivity contribution in [3.05, 3.63) is 29.8 Å². The minimum Gasteiger partial charge on any atom is -0.294 e. The van der Waals surface area contributed by atoms with Gasteiger partial charge in [0.05, 0.1) is 20.1 Å². The number of hydrogen-bond acceptors (Lipinski definition) is 1. The zero-order valence-electron chi connectivity index (χ0n) is 22.2. The first-order valence-corrected chi connectivity index (χ1v) is 14.1. The predicted octanol–water partition coefficient (Wildman–Crippen LogP) is 9.34. The van der Waals surface area contributed by atoms with Gasteiger partial charge in [-0.05, 0) is 50.1 Å². The third-order valence-electron chi connectivity index (χ3n) is 7.29. The third-order valence-corrected chi connectivity index (χ3v) is 7.29. The molecule has 2 heteroatoms. The van der Waals surface area contributed by atoms with Crippen LogP contribution in [0.25, 0.3) is 0 Å². The highest BCUT2D eigenvalue weighted by molar-refractivity contribution is 5.80. The molecule has 0 bridgehead atoms. The topological polar surface area (TPSA) is 12.4 Å². The van der Waals surface area contributed by atoms with Crippen LogP contribution in [0.4, 0.5) is 5.69 Å². The Morgan fingerprint density at radius 3 is 1.41 bits per heavy atom. The van der Waals surface area contributed by atoms with E-state index in [1.807, 2.05) is 0 Å². The van der Waals surface area contributed by atoms with Crippen molar-refractivity contribution < 1.29 is 0 Å². The summed E-state index contributed by atoms with van der Waals surface area (Å²) in [4.78, 5) is 4.65. The van der Waals surface area contributed by atoms with Crippen LogP contribution in [-0.4, -0.2) is 32.9 Å². The molecule has 2 nitrogen and oxygen atoms in total. The molecule has 32 heavy (non-hydrogen) atoms. The molecule has 0 amide bonds. The molecule has 0 aliphatic heterocycles. The molecule has 0 saturated carbocycles. The molecule has 0 saturated heterocycles. The Balaban J connectivity index is 1.93. The van der Waals surface area contributed by atoms with E-state index in [2.05, 4.69) is 63.3 Å². The second-order valence-corrected chi connectivity index (χ2v) is 9.96. The van der Waals surface area contributed by atoms with Crippen LogP contribution in [0, 0.1) is 0 Å². The highest BCUT2D eigenvalue weighted by Crippen LogP contribution is 2.20. The standard InChI is InChI=1S/C30H55N2/c1-5-8-9-10-11-12-13-14-15-16-17-18-19-20-21-22-27-31-28-29-23-25-30(26-24-29)32(4,6-2)7-3/h23-26,28H,5-22,27H2,1-4H3/q+1. The fourth-order valence-electron chi connectivity index (χ4n) is 4.43. The second-order valence-electron chi connectivity index (χ2n) is 9.96. The summed E-state index contributed by atoms with van der Waals surface area (Å²) in [5, 5.41) is 0. The quantitative estimate of drug-likeness (QED) is 0.102. The van der Waals surface area contributed by atoms with E-state index in [1.54, 1.807) is 0 Å². The fraction of sp³-hybridized carbons (Fsp3) is 0.767. The fourth-order valence-corrected chi connectivity index (χ4v) is 4.43. The Hall–Kier alpha value is -1.15. The van der Waals surface area contributed by atoms with Crippen LogP contribution in [0.2, 0.25) is 0 Å². The van der Waals surface area contributed by atoms with Gasteiger partial charge in [0.2, 0.25) is 0 Å². The normalized spacial score (nSPS) is 12.1. The predicted molar refractivity (Wildman–Crippen MR) is 147 cm³/mol. The summed E-state index contributed by atoms with van der Waals surface area (Å²) in [5.74, 6) is 0. The zero-order chi connectivity index (χ0) is 23.3. The molecule has 0 aliphatic rings. The van der Waals surface area contributed by atoms with Gasteiger partial charge < -0.3 is 0 Å². The van der Waals surface area contributed by atoms with Crippen molar-refractivity contribution in [1.29, 1.82) is 0 Å². The molecule has 0 atom stereocenters. The van der Waals surface area contributed by atoms with Crippen molar-refractivity contribution in [2.75, 3.05) is 26.7 Å². The van der Waals surface area contributed by atoms with Gasteiger partial charge in [-0.3, -0.25) is 9.48 Å². The van der Waals surface area contributed by atoms with Gasteiger partial charge in [0.1, 0.15) is 5.69 Å². The summed E-state index contributed by atoms with van der Waals surface area (Å²) < 4.78 is 0.997. The number of benzene rings is 1. The van der Waals surface area contributed by atoms with Gasteiger partial charge in [-0.1, -0.05) is 103 Å². The van der Waals surface area contributed by atoms with E-state index in [1.165, 1.54) is 114 Å². The molecule has 0 unspecified atom stereocenters. The molecule has 1 aromatic rings. The zero-order valence-corrected chi connectivity index (χ0v) is 22.2. The first-order valence-electron chi connectivity index (χ1n) is 14.1. The molecule has 0 fully saturated rings. The molecule has 1 aromatic carbocycles.